The largest absolute Gasteiger partial charge is 0.444 e. The Balaban J connectivity index is 2.28. The van der Waals surface area contributed by atoms with Crippen molar-refractivity contribution in [3.8, 4) is 0 Å². The van der Waals surface area contributed by atoms with E-state index in [9.17, 15) is 4.79 Å². The monoisotopic (exact) mass is 328 g/mol. The highest BCUT2D eigenvalue weighted by Gasteiger charge is 2.23. The van der Waals surface area contributed by atoms with Crippen LogP contribution in [0.3, 0.4) is 0 Å². The molecule has 6 nitrogen and oxygen atoms in total. The van der Waals surface area contributed by atoms with Gasteiger partial charge in [0, 0.05) is 51.9 Å². The minimum Gasteiger partial charge on any atom is -0.444 e. The minimum atomic E-state index is -0.454. The fourth-order valence-electron chi connectivity index (χ4n) is 2.93. The minimum absolute atomic E-state index is 0.325. The van der Waals surface area contributed by atoms with Gasteiger partial charge in [0.25, 0.3) is 0 Å². The van der Waals surface area contributed by atoms with E-state index in [1.54, 1.807) is 0 Å². The molecular formula is C17H36N4O2. The summed E-state index contributed by atoms with van der Waals surface area (Å²) in [7, 11) is 0. The number of hydrogen-bond donors (Lipinski definition) is 2. The number of nitrogens with two attached hydrogens (primary N) is 1. The smallest absolute Gasteiger partial charge is 0.407 e. The first-order valence-electron chi connectivity index (χ1n) is 8.84. The van der Waals surface area contributed by atoms with Crippen molar-refractivity contribution in [2.75, 3.05) is 45.8 Å². The van der Waals surface area contributed by atoms with Gasteiger partial charge in [-0.25, -0.2) is 4.79 Å². The number of carbonyl (C=O) groups is 1. The Morgan fingerprint density at radius 2 is 1.83 bits per heavy atom. The van der Waals surface area contributed by atoms with Crippen LogP contribution in [0.15, 0.2) is 0 Å². The topological polar surface area (TPSA) is 70.8 Å². The maximum atomic E-state index is 11.7. The van der Waals surface area contributed by atoms with Crippen molar-refractivity contribution in [2.24, 2.45) is 11.7 Å². The molecule has 1 unspecified atom stereocenters. The number of carbonyl (C=O) groups excluding carboxylic acids is 1. The molecule has 1 amide bonds. The number of nitrogens with one attached hydrogen (secondary N) is 1. The molecule has 1 rings (SSSR count). The summed E-state index contributed by atoms with van der Waals surface area (Å²) < 4.78 is 5.25. The van der Waals surface area contributed by atoms with Crippen molar-refractivity contribution in [3.05, 3.63) is 0 Å². The molecule has 0 aromatic heterocycles. The zero-order valence-electron chi connectivity index (χ0n) is 15.6. The first kappa shape index (κ1) is 20.2. The molecule has 1 aliphatic heterocycles. The van der Waals surface area contributed by atoms with Gasteiger partial charge in [-0.1, -0.05) is 13.8 Å². The Bertz CT molecular complexity index is 347. The van der Waals surface area contributed by atoms with Crippen LogP contribution in [0.5, 0.6) is 0 Å². The van der Waals surface area contributed by atoms with Crippen LogP contribution in [0.25, 0.3) is 0 Å². The van der Waals surface area contributed by atoms with Gasteiger partial charge in [0.05, 0.1) is 0 Å². The number of amides is 1. The summed E-state index contributed by atoms with van der Waals surface area (Å²) in [4.78, 5) is 16.6. The predicted octanol–water partition coefficient (Wildman–Crippen LogP) is 1.50. The third-order valence-corrected chi connectivity index (χ3v) is 3.96. The summed E-state index contributed by atoms with van der Waals surface area (Å²) in [5.41, 5.74) is 5.48. The number of nitrogens with zero attached hydrogens (tertiary/aromatic N) is 2. The van der Waals surface area contributed by atoms with Gasteiger partial charge in [0.2, 0.25) is 0 Å². The number of rotatable bonds is 7. The lowest BCUT2D eigenvalue weighted by Gasteiger charge is -2.39. The lowest BCUT2D eigenvalue weighted by Crippen LogP contribution is -2.53. The molecule has 23 heavy (non-hydrogen) atoms. The average Bonchev–Trinajstić information content (AvgIpc) is 2.42. The van der Waals surface area contributed by atoms with Gasteiger partial charge >= 0.3 is 6.09 Å². The van der Waals surface area contributed by atoms with Crippen LogP contribution in [0.2, 0.25) is 0 Å². The fourth-order valence-corrected chi connectivity index (χ4v) is 2.93. The standard InChI is InChI=1S/C17H36N4O2/c1-14(2)13-20-8-10-21(11-9-20)15(12-18)6-7-19-16(22)23-17(3,4)5/h14-15H,6-13,18H2,1-5H3,(H,19,22). The van der Waals surface area contributed by atoms with Gasteiger partial charge in [-0.05, 0) is 33.1 Å². The second-order valence-corrected chi connectivity index (χ2v) is 7.84. The second-order valence-electron chi connectivity index (χ2n) is 7.84. The maximum absolute atomic E-state index is 11.7. The third kappa shape index (κ3) is 8.53. The zero-order chi connectivity index (χ0) is 17.5. The van der Waals surface area contributed by atoms with Crippen LogP contribution in [0.1, 0.15) is 41.0 Å². The van der Waals surface area contributed by atoms with E-state index in [-0.39, 0.29) is 6.09 Å². The Morgan fingerprint density at radius 3 is 2.30 bits per heavy atom. The molecule has 0 saturated carbocycles. The van der Waals surface area contributed by atoms with Crippen molar-refractivity contribution in [1.82, 2.24) is 15.1 Å². The van der Waals surface area contributed by atoms with Crippen LogP contribution >= 0.6 is 0 Å². The van der Waals surface area contributed by atoms with E-state index >= 15 is 0 Å². The highest BCUT2D eigenvalue weighted by molar-refractivity contribution is 5.67. The quantitative estimate of drug-likeness (QED) is 0.741. The van der Waals surface area contributed by atoms with Crippen molar-refractivity contribution in [1.29, 1.82) is 0 Å². The molecule has 1 saturated heterocycles. The number of alkyl carbamates (subject to hydrolysis) is 1. The van der Waals surface area contributed by atoms with E-state index in [1.807, 2.05) is 20.8 Å². The van der Waals surface area contributed by atoms with Crippen molar-refractivity contribution >= 4 is 6.09 Å². The maximum Gasteiger partial charge on any atom is 0.407 e. The van der Waals surface area contributed by atoms with Crippen molar-refractivity contribution < 1.29 is 9.53 Å². The van der Waals surface area contributed by atoms with E-state index in [4.69, 9.17) is 10.5 Å². The second kappa shape index (κ2) is 9.45. The third-order valence-electron chi connectivity index (χ3n) is 3.96. The summed E-state index contributed by atoms with van der Waals surface area (Å²) in [5.74, 6) is 0.713. The fraction of sp³-hybridized carbons (Fsp3) is 0.941. The number of ether oxygens (including phenoxy) is 1. The van der Waals surface area contributed by atoms with E-state index in [0.717, 1.165) is 32.6 Å². The van der Waals surface area contributed by atoms with Gasteiger partial charge in [0.15, 0.2) is 0 Å². The Morgan fingerprint density at radius 1 is 1.22 bits per heavy atom. The summed E-state index contributed by atoms with van der Waals surface area (Å²) in [6.07, 6.45) is 0.509. The molecule has 0 bridgehead atoms. The Hall–Kier alpha value is -0.850. The molecule has 0 radical (unpaired) electrons. The van der Waals surface area contributed by atoms with E-state index in [0.29, 0.717) is 25.0 Å². The summed E-state index contributed by atoms with van der Waals surface area (Å²) >= 11 is 0. The first-order chi connectivity index (χ1) is 10.7. The molecule has 0 aromatic rings. The van der Waals surface area contributed by atoms with E-state index in [1.165, 1.54) is 6.54 Å². The average molecular weight is 329 g/mol. The molecule has 1 heterocycles. The van der Waals surface area contributed by atoms with Gasteiger partial charge in [-0.2, -0.15) is 0 Å². The van der Waals surface area contributed by atoms with Gasteiger partial charge in [-0.15, -0.1) is 0 Å². The van der Waals surface area contributed by atoms with Crippen LogP contribution < -0.4 is 11.1 Å². The molecule has 0 spiro atoms. The summed E-state index contributed by atoms with van der Waals surface area (Å²) in [6, 6.07) is 0.325. The van der Waals surface area contributed by atoms with E-state index < -0.39 is 5.60 Å². The first-order valence-corrected chi connectivity index (χ1v) is 8.84. The molecule has 1 aliphatic rings. The molecule has 0 aromatic carbocycles. The lowest BCUT2D eigenvalue weighted by molar-refractivity contribution is 0.0514. The lowest BCUT2D eigenvalue weighted by atomic mass is 10.1. The van der Waals surface area contributed by atoms with Crippen molar-refractivity contribution in [3.63, 3.8) is 0 Å². The van der Waals surface area contributed by atoms with Crippen LogP contribution in [-0.2, 0) is 4.74 Å². The van der Waals surface area contributed by atoms with Crippen LogP contribution in [0.4, 0.5) is 4.79 Å². The normalized spacial score (nSPS) is 18.9. The molecule has 1 fully saturated rings. The SMILES string of the molecule is CC(C)CN1CCN(C(CN)CCNC(=O)OC(C)(C)C)CC1. The molecule has 1 atom stereocenters. The van der Waals surface area contributed by atoms with Crippen molar-refractivity contribution in [2.45, 2.75) is 52.7 Å². The highest BCUT2D eigenvalue weighted by atomic mass is 16.6. The van der Waals surface area contributed by atoms with Gasteiger partial charge in [0.1, 0.15) is 5.60 Å². The Labute approximate surface area is 141 Å². The predicted molar refractivity (Wildman–Crippen MR) is 94.5 cm³/mol. The van der Waals surface area contributed by atoms with E-state index in [2.05, 4.69) is 29.0 Å². The highest BCUT2D eigenvalue weighted by Crippen LogP contribution is 2.10. The molecule has 3 N–H and O–H groups in total. The summed E-state index contributed by atoms with van der Waals surface area (Å²) in [6.45, 7) is 16.8. The van der Waals surface area contributed by atoms with Crippen LogP contribution in [0, 0.1) is 5.92 Å². The molecule has 6 heteroatoms. The van der Waals surface area contributed by atoms with Gasteiger partial charge < -0.3 is 20.7 Å². The number of hydrogen-bond acceptors (Lipinski definition) is 5. The molecular weight excluding hydrogens is 292 g/mol. The zero-order valence-corrected chi connectivity index (χ0v) is 15.6. The number of piperazine rings is 1. The Kier molecular flexibility index (Phi) is 8.29. The molecule has 136 valence electrons. The molecule has 0 aliphatic carbocycles. The summed E-state index contributed by atoms with van der Waals surface area (Å²) in [5, 5.41) is 2.82. The van der Waals surface area contributed by atoms with Gasteiger partial charge in [-0.3, -0.25) is 4.90 Å². The van der Waals surface area contributed by atoms with Crippen LogP contribution in [-0.4, -0.2) is 73.3 Å².